The standard InChI is InChI=1S/C22H30N4O3/c1-15-11-21(19-5-4-6-20(26(27)28)22(19)23-15)25-9-7-18(8-10-25)14-24-12-16(2)29-17(3)13-24/h4-6,11,16-18H,7-10,12-14H2,1-3H3. The zero-order valence-electron chi connectivity index (χ0n) is 17.5. The summed E-state index contributed by atoms with van der Waals surface area (Å²) in [5, 5.41) is 12.3. The molecule has 0 radical (unpaired) electrons. The van der Waals surface area contributed by atoms with E-state index in [0.717, 1.165) is 62.3 Å². The van der Waals surface area contributed by atoms with Gasteiger partial charge in [0.2, 0.25) is 0 Å². The number of aryl methyl sites for hydroxylation is 1. The van der Waals surface area contributed by atoms with Gasteiger partial charge < -0.3 is 9.64 Å². The van der Waals surface area contributed by atoms with E-state index in [0.29, 0.717) is 23.6 Å². The summed E-state index contributed by atoms with van der Waals surface area (Å²) in [6.07, 6.45) is 2.89. The first-order valence-electron chi connectivity index (χ1n) is 10.6. The molecule has 1 aromatic heterocycles. The zero-order chi connectivity index (χ0) is 20.5. The summed E-state index contributed by atoms with van der Waals surface area (Å²) in [5.41, 5.74) is 2.47. The number of ether oxygens (including phenoxy) is 1. The maximum absolute atomic E-state index is 11.4. The van der Waals surface area contributed by atoms with Crippen LogP contribution >= 0.6 is 0 Å². The van der Waals surface area contributed by atoms with Gasteiger partial charge in [0, 0.05) is 55.6 Å². The van der Waals surface area contributed by atoms with Gasteiger partial charge in [0.1, 0.15) is 0 Å². The molecule has 2 saturated heterocycles. The molecular formula is C22H30N4O3. The Labute approximate surface area is 171 Å². The van der Waals surface area contributed by atoms with E-state index < -0.39 is 0 Å². The third-order valence-corrected chi connectivity index (χ3v) is 6.09. The van der Waals surface area contributed by atoms with E-state index in [1.807, 2.05) is 13.0 Å². The second kappa shape index (κ2) is 8.24. The normalized spacial score (nSPS) is 24.2. The van der Waals surface area contributed by atoms with Crippen LogP contribution in [0, 0.1) is 23.0 Å². The summed E-state index contributed by atoms with van der Waals surface area (Å²) in [6, 6.07) is 7.31. The number of nitro groups is 1. The molecule has 0 spiro atoms. The van der Waals surface area contributed by atoms with Crippen molar-refractivity contribution >= 4 is 22.3 Å². The number of piperidine rings is 1. The van der Waals surface area contributed by atoms with E-state index >= 15 is 0 Å². The predicted molar refractivity (Wildman–Crippen MR) is 115 cm³/mol. The predicted octanol–water partition coefficient (Wildman–Crippen LogP) is 3.78. The quantitative estimate of drug-likeness (QED) is 0.577. The van der Waals surface area contributed by atoms with Crippen LogP contribution in [0.15, 0.2) is 24.3 Å². The van der Waals surface area contributed by atoms with Crippen molar-refractivity contribution in [2.45, 2.75) is 45.8 Å². The van der Waals surface area contributed by atoms with Crippen LogP contribution in [0.25, 0.3) is 10.9 Å². The molecule has 156 valence electrons. The molecule has 29 heavy (non-hydrogen) atoms. The van der Waals surface area contributed by atoms with Gasteiger partial charge in [-0.15, -0.1) is 0 Å². The number of nitro benzene ring substituents is 1. The Morgan fingerprint density at radius 3 is 2.55 bits per heavy atom. The molecule has 1 aromatic carbocycles. The number of aromatic nitrogens is 1. The summed E-state index contributed by atoms with van der Waals surface area (Å²) in [5.74, 6) is 0.687. The van der Waals surface area contributed by atoms with Crippen molar-refractivity contribution in [1.82, 2.24) is 9.88 Å². The molecule has 2 unspecified atom stereocenters. The van der Waals surface area contributed by atoms with E-state index in [2.05, 4.69) is 34.7 Å². The molecule has 7 heteroatoms. The van der Waals surface area contributed by atoms with Crippen LogP contribution in [-0.4, -0.2) is 59.7 Å². The molecule has 0 saturated carbocycles. The molecule has 7 nitrogen and oxygen atoms in total. The molecule has 0 bridgehead atoms. The highest BCUT2D eigenvalue weighted by Crippen LogP contribution is 2.34. The second-order valence-corrected chi connectivity index (χ2v) is 8.62. The van der Waals surface area contributed by atoms with Crippen molar-refractivity contribution in [2.24, 2.45) is 5.92 Å². The Kier molecular flexibility index (Phi) is 5.69. The number of para-hydroxylation sites is 1. The first kappa shape index (κ1) is 20.0. The number of pyridine rings is 1. The van der Waals surface area contributed by atoms with Gasteiger partial charge >= 0.3 is 0 Å². The van der Waals surface area contributed by atoms with Crippen LogP contribution in [0.2, 0.25) is 0 Å². The topological polar surface area (TPSA) is 71.7 Å². The Morgan fingerprint density at radius 1 is 1.21 bits per heavy atom. The lowest BCUT2D eigenvalue weighted by Gasteiger charge is -2.40. The summed E-state index contributed by atoms with van der Waals surface area (Å²) in [7, 11) is 0. The lowest BCUT2D eigenvalue weighted by molar-refractivity contribution is -0.383. The van der Waals surface area contributed by atoms with Gasteiger partial charge in [-0.25, -0.2) is 4.98 Å². The molecule has 0 amide bonds. The maximum atomic E-state index is 11.4. The molecule has 2 aliphatic heterocycles. The average Bonchev–Trinajstić information content (AvgIpc) is 2.66. The highest BCUT2D eigenvalue weighted by Gasteiger charge is 2.27. The van der Waals surface area contributed by atoms with Crippen molar-refractivity contribution in [3.63, 3.8) is 0 Å². The number of anilines is 1. The van der Waals surface area contributed by atoms with E-state index in [-0.39, 0.29) is 10.6 Å². The summed E-state index contributed by atoms with van der Waals surface area (Å²) in [6.45, 7) is 11.3. The number of non-ortho nitro benzene ring substituents is 1. The van der Waals surface area contributed by atoms with Gasteiger partial charge in [0.15, 0.2) is 5.52 Å². The van der Waals surface area contributed by atoms with E-state index in [9.17, 15) is 10.1 Å². The molecule has 4 rings (SSSR count). The molecule has 2 fully saturated rings. The lowest BCUT2D eigenvalue weighted by Crippen LogP contribution is -2.48. The Hall–Kier alpha value is -2.25. The summed E-state index contributed by atoms with van der Waals surface area (Å²) >= 11 is 0. The van der Waals surface area contributed by atoms with Gasteiger partial charge in [-0.1, -0.05) is 12.1 Å². The largest absolute Gasteiger partial charge is 0.373 e. The zero-order valence-corrected chi connectivity index (χ0v) is 17.5. The van der Waals surface area contributed by atoms with Crippen molar-refractivity contribution in [3.8, 4) is 0 Å². The van der Waals surface area contributed by atoms with Crippen LogP contribution in [0.3, 0.4) is 0 Å². The Bertz CT molecular complexity index is 885. The molecular weight excluding hydrogens is 368 g/mol. The second-order valence-electron chi connectivity index (χ2n) is 8.62. The van der Waals surface area contributed by atoms with E-state index in [1.54, 1.807) is 6.07 Å². The highest BCUT2D eigenvalue weighted by molar-refractivity contribution is 5.97. The van der Waals surface area contributed by atoms with Crippen molar-refractivity contribution in [2.75, 3.05) is 37.6 Å². The SMILES string of the molecule is Cc1cc(N2CCC(CN3CC(C)OC(C)C3)CC2)c2cccc([N+](=O)[O-])c2n1. The average molecular weight is 399 g/mol. The summed E-state index contributed by atoms with van der Waals surface area (Å²) in [4.78, 5) is 20.5. The maximum Gasteiger partial charge on any atom is 0.295 e. The molecule has 2 atom stereocenters. The Balaban J connectivity index is 1.48. The Morgan fingerprint density at radius 2 is 1.90 bits per heavy atom. The summed E-state index contributed by atoms with van der Waals surface area (Å²) < 4.78 is 5.86. The van der Waals surface area contributed by atoms with Crippen molar-refractivity contribution in [1.29, 1.82) is 0 Å². The number of morpholine rings is 1. The lowest BCUT2D eigenvalue weighted by atomic mass is 9.94. The smallest absolute Gasteiger partial charge is 0.295 e. The van der Waals surface area contributed by atoms with Gasteiger partial charge in [0.25, 0.3) is 5.69 Å². The number of rotatable bonds is 4. The third kappa shape index (κ3) is 4.36. The molecule has 0 aliphatic carbocycles. The first-order chi connectivity index (χ1) is 13.9. The fourth-order valence-electron chi connectivity index (χ4n) is 4.90. The van der Waals surface area contributed by atoms with Gasteiger partial charge in [-0.2, -0.15) is 0 Å². The number of benzene rings is 1. The highest BCUT2D eigenvalue weighted by atomic mass is 16.6. The minimum atomic E-state index is -0.338. The third-order valence-electron chi connectivity index (χ3n) is 6.09. The van der Waals surface area contributed by atoms with Crippen molar-refractivity contribution < 1.29 is 9.66 Å². The van der Waals surface area contributed by atoms with Crippen LogP contribution in [0.4, 0.5) is 11.4 Å². The molecule has 2 aliphatic rings. The minimum Gasteiger partial charge on any atom is -0.373 e. The number of nitrogens with zero attached hydrogens (tertiary/aromatic N) is 4. The molecule has 3 heterocycles. The molecule has 2 aromatic rings. The van der Waals surface area contributed by atoms with Crippen LogP contribution in [-0.2, 0) is 4.74 Å². The van der Waals surface area contributed by atoms with Crippen LogP contribution < -0.4 is 4.90 Å². The van der Waals surface area contributed by atoms with Crippen molar-refractivity contribution in [3.05, 3.63) is 40.1 Å². The van der Waals surface area contributed by atoms with Gasteiger partial charge in [0.05, 0.1) is 17.1 Å². The van der Waals surface area contributed by atoms with Gasteiger partial charge in [-0.3, -0.25) is 15.0 Å². The number of hydrogen-bond donors (Lipinski definition) is 0. The fraction of sp³-hybridized carbons (Fsp3) is 0.591. The first-order valence-corrected chi connectivity index (χ1v) is 10.6. The number of fused-ring (bicyclic) bond motifs is 1. The number of hydrogen-bond acceptors (Lipinski definition) is 6. The van der Waals surface area contributed by atoms with Gasteiger partial charge in [-0.05, 0) is 45.6 Å². The van der Waals surface area contributed by atoms with E-state index in [4.69, 9.17) is 4.74 Å². The minimum absolute atomic E-state index is 0.0814. The van der Waals surface area contributed by atoms with Crippen LogP contribution in [0.1, 0.15) is 32.4 Å². The van der Waals surface area contributed by atoms with E-state index in [1.165, 1.54) is 6.07 Å². The fourth-order valence-corrected chi connectivity index (χ4v) is 4.90. The monoisotopic (exact) mass is 398 g/mol. The molecule has 0 N–H and O–H groups in total. The van der Waals surface area contributed by atoms with Crippen LogP contribution in [0.5, 0.6) is 0 Å².